The van der Waals surface area contributed by atoms with Gasteiger partial charge in [-0.1, -0.05) is 23.2 Å². The van der Waals surface area contributed by atoms with Crippen LogP contribution in [0.5, 0.6) is 0 Å². The van der Waals surface area contributed by atoms with Gasteiger partial charge in [-0.15, -0.1) is 0 Å². The molecule has 3 N–H and O–H groups in total. The van der Waals surface area contributed by atoms with Gasteiger partial charge < -0.3 is 16.0 Å². The Morgan fingerprint density at radius 2 is 1.48 bits per heavy atom. The van der Waals surface area contributed by atoms with Crippen molar-refractivity contribution in [2.75, 3.05) is 17.2 Å². The zero-order valence-corrected chi connectivity index (χ0v) is 14.7. The van der Waals surface area contributed by atoms with Crippen molar-refractivity contribution in [3.8, 4) is 0 Å². The van der Waals surface area contributed by atoms with Gasteiger partial charge in [-0.3, -0.25) is 14.4 Å². The van der Waals surface area contributed by atoms with Crippen LogP contribution in [0.2, 0.25) is 10.0 Å². The normalized spacial score (nSPS) is 10.3. The number of anilines is 2. The van der Waals surface area contributed by atoms with Gasteiger partial charge in [0.1, 0.15) is 0 Å². The Morgan fingerprint density at radius 3 is 2.11 bits per heavy atom. The quantitative estimate of drug-likeness (QED) is 0.525. The van der Waals surface area contributed by atoms with Crippen LogP contribution in [-0.4, -0.2) is 24.3 Å². The Morgan fingerprint density at radius 1 is 0.852 bits per heavy atom. The predicted molar refractivity (Wildman–Crippen MR) is 93.0 cm³/mol. The second kappa shape index (κ2) is 8.74. The summed E-state index contributed by atoms with van der Waals surface area (Å²) in [5, 5.41) is 6.59. The largest absolute Gasteiger partial charge is 0.339 e. The van der Waals surface area contributed by atoms with Crippen LogP contribution in [0.1, 0.15) is 0 Å². The third kappa shape index (κ3) is 5.60. The van der Waals surface area contributed by atoms with E-state index in [4.69, 9.17) is 23.2 Å². The average molecular weight is 420 g/mol. The molecule has 0 aliphatic carbocycles. The maximum Gasteiger partial charge on any atom is 0.313 e. The molecule has 0 spiro atoms. The lowest BCUT2D eigenvalue weighted by Gasteiger charge is -2.09. The first-order valence-corrected chi connectivity index (χ1v) is 7.91. The minimum absolute atomic E-state index is 0.154. The number of carbonyl (C=O) groups is 3. The van der Waals surface area contributed by atoms with Gasteiger partial charge in [0, 0.05) is 15.7 Å². The number of halogens is 5. The number of hydrogen-bond acceptors (Lipinski definition) is 3. The predicted octanol–water partition coefficient (Wildman–Crippen LogP) is 3.10. The van der Waals surface area contributed by atoms with Crippen LogP contribution in [0.3, 0.4) is 0 Å². The van der Waals surface area contributed by atoms with E-state index in [9.17, 15) is 27.6 Å². The molecule has 11 heteroatoms. The zero-order valence-electron chi connectivity index (χ0n) is 13.2. The second-order valence-corrected chi connectivity index (χ2v) is 5.94. The van der Waals surface area contributed by atoms with E-state index in [1.807, 2.05) is 10.6 Å². The van der Waals surface area contributed by atoms with Crippen LogP contribution in [-0.2, 0) is 14.4 Å². The molecule has 0 aromatic heterocycles. The molecular weight excluding hydrogens is 410 g/mol. The molecule has 0 fully saturated rings. The number of nitrogens with one attached hydrogen (secondary N) is 3. The number of hydrogen-bond donors (Lipinski definition) is 3. The van der Waals surface area contributed by atoms with E-state index in [-0.39, 0.29) is 15.7 Å². The van der Waals surface area contributed by atoms with Crippen LogP contribution in [0.4, 0.5) is 24.5 Å². The van der Waals surface area contributed by atoms with Gasteiger partial charge in [0.25, 0.3) is 0 Å². The molecular formula is C16H10Cl2F3N3O3. The van der Waals surface area contributed by atoms with Gasteiger partial charge in [0.2, 0.25) is 5.91 Å². The topological polar surface area (TPSA) is 87.3 Å². The van der Waals surface area contributed by atoms with E-state index < -0.39 is 47.4 Å². The lowest BCUT2D eigenvalue weighted by atomic mass is 10.2. The van der Waals surface area contributed by atoms with Crippen molar-refractivity contribution in [1.82, 2.24) is 5.32 Å². The fraction of sp³-hybridized carbons (Fsp3) is 0.0625. The van der Waals surface area contributed by atoms with Crippen molar-refractivity contribution in [1.29, 1.82) is 0 Å². The summed E-state index contributed by atoms with van der Waals surface area (Å²) in [5.41, 5.74) is -0.466. The maximum atomic E-state index is 13.5. The SMILES string of the molecule is O=C(CNC(=O)C(=O)Nc1cc(Cl)cc(Cl)c1)Nc1ccc(F)c(F)c1F. The molecule has 27 heavy (non-hydrogen) atoms. The molecule has 2 rings (SSSR count). The van der Waals surface area contributed by atoms with E-state index in [0.29, 0.717) is 6.07 Å². The molecule has 0 saturated heterocycles. The Balaban J connectivity index is 1.90. The van der Waals surface area contributed by atoms with Crippen molar-refractivity contribution < 1.29 is 27.6 Å². The van der Waals surface area contributed by atoms with Gasteiger partial charge in [-0.05, 0) is 30.3 Å². The summed E-state index contributed by atoms with van der Waals surface area (Å²) in [6.45, 7) is -0.721. The van der Waals surface area contributed by atoms with Crippen molar-refractivity contribution >= 4 is 52.3 Å². The summed E-state index contributed by atoms with van der Waals surface area (Å²) >= 11 is 11.5. The molecule has 0 aliphatic heterocycles. The molecule has 3 amide bonds. The molecule has 142 valence electrons. The minimum atomic E-state index is -1.75. The smallest absolute Gasteiger partial charge is 0.313 e. The molecule has 6 nitrogen and oxygen atoms in total. The fourth-order valence-corrected chi connectivity index (χ4v) is 2.40. The van der Waals surface area contributed by atoms with Crippen LogP contribution in [0, 0.1) is 17.5 Å². The van der Waals surface area contributed by atoms with E-state index in [1.54, 1.807) is 0 Å². The first-order chi connectivity index (χ1) is 12.7. The summed E-state index contributed by atoms with van der Waals surface area (Å²) in [5.74, 6) is -8.02. The van der Waals surface area contributed by atoms with Gasteiger partial charge in [0.05, 0.1) is 12.2 Å². The summed E-state index contributed by atoms with van der Waals surface area (Å²) < 4.78 is 39.4. The first-order valence-electron chi connectivity index (χ1n) is 7.16. The van der Waals surface area contributed by atoms with Crippen LogP contribution < -0.4 is 16.0 Å². The first kappa shape index (κ1) is 20.5. The Bertz CT molecular complexity index is 905. The highest BCUT2D eigenvalue weighted by atomic mass is 35.5. The maximum absolute atomic E-state index is 13.5. The van der Waals surface area contributed by atoms with Crippen molar-refractivity contribution in [3.05, 3.63) is 57.8 Å². The van der Waals surface area contributed by atoms with Crippen LogP contribution in [0.25, 0.3) is 0 Å². The number of amides is 3. The molecule has 0 atom stereocenters. The Labute approximate surface area is 160 Å². The molecule has 0 aliphatic rings. The van der Waals surface area contributed by atoms with E-state index in [0.717, 1.165) is 6.07 Å². The second-order valence-electron chi connectivity index (χ2n) is 5.07. The van der Waals surface area contributed by atoms with Gasteiger partial charge in [-0.2, -0.15) is 0 Å². The number of benzene rings is 2. The van der Waals surface area contributed by atoms with Gasteiger partial charge >= 0.3 is 11.8 Å². The standard InChI is InChI=1S/C16H10Cl2F3N3O3/c17-7-3-8(18)5-9(4-7)23-16(27)15(26)22-6-12(25)24-11-2-1-10(19)13(20)14(11)21/h1-5H,6H2,(H,22,26)(H,23,27)(H,24,25). The lowest BCUT2D eigenvalue weighted by molar-refractivity contribution is -0.136. The lowest BCUT2D eigenvalue weighted by Crippen LogP contribution is -2.39. The summed E-state index contributed by atoms with van der Waals surface area (Å²) in [4.78, 5) is 35.1. The molecule has 0 radical (unpaired) electrons. The Kier molecular flexibility index (Phi) is 6.65. The number of rotatable bonds is 4. The zero-order chi connectivity index (χ0) is 20.1. The highest BCUT2D eigenvalue weighted by Crippen LogP contribution is 2.22. The molecule has 2 aromatic rings. The highest BCUT2D eigenvalue weighted by Gasteiger charge is 2.18. The van der Waals surface area contributed by atoms with Crippen molar-refractivity contribution in [3.63, 3.8) is 0 Å². The molecule has 0 heterocycles. The number of carbonyl (C=O) groups excluding carboxylic acids is 3. The fourth-order valence-electron chi connectivity index (χ4n) is 1.87. The molecule has 0 bridgehead atoms. The van der Waals surface area contributed by atoms with Crippen LogP contribution >= 0.6 is 23.2 Å². The third-order valence-electron chi connectivity index (χ3n) is 3.05. The van der Waals surface area contributed by atoms with E-state index in [2.05, 4.69) is 5.32 Å². The van der Waals surface area contributed by atoms with E-state index in [1.165, 1.54) is 18.2 Å². The average Bonchev–Trinajstić information content (AvgIpc) is 2.59. The summed E-state index contributed by atoms with van der Waals surface area (Å²) in [7, 11) is 0. The molecule has 0 unspecified atom stereocenters. The summed E-state index contributed by atoms with van der Waals surface area (Å²) in [6, 6.07) is 5.54. The summed E-state index contributed by atoms with van der Waals surface area (Å²) in [6.07, 6.45) is 0. The van der Waals surface area contributed by atoms with Crippen molar-refractivity contribution in [2.45, 2.75) is 0 Å². The van der Waals surface area contributed by atoms with Crippen LogP contribution in [0.15, 0.2) is 30.3 Å². The van der Waals surface area contributed by atoms with E-state index >= 15 is 0 Å². The molecule has 2 aromatic carbocycles. The van der Waals surface area contributed by atoms with Gasteiger partial charge in [0.15, 0.2) is 17.5 Å². The highest BCUT2D eigenvalue weighted by molar-refractivity contribution is 6.40. The Hall–Kier alpha value is -2.78. The van der Waals surface area contributed by atoms with Gasteiger partial charge in [-0.25, -0.2) is 13.2 Å². The third-order valence-corrected chi connectivity index (χ3v) is 3.48. The monoisotopic (exact) mass is 419 g/mol. The molecule has 0 saturated carbocycles. The minimum Gasteiger partial charge on any atom is -0.339 e. The van der Waals surface area contributed by atoms with Crippen molar-refractivity contribution in [2.24, 2.45) is 0 Å².